The van der Waals surface area contributed by atoms with Crippen LogP contribution in [-0.4, -0.2) is 47.2 Å². The van der Waals surface area contributed by atoms with Crippen LogP contribution in [0.3, 0.4) is 0 Å². The summed E-state index contributed by atoms with van der Waals surface area (Å²) in [4.78, 5) is 18.8. The first-order valence-electron chi connectivity index (χ1n) is 17.7. The summed E-state index contributed by atoms with van der Waals surface area (Å²) in [5, 5.41) is 0. The van der Waals surface area contributed by atoms with E-state index in [0.29, 0.717) is 12.2 Å². The van der Waals surface area contributed by atoms with E-state index < -0.39 is 0 Å². The van der Waals surface area contributed by atoms with Crippen molar-refractivity contribution < 1.29 is 14.3 Å². The minimum atomic E-state index is -0.366. The lowest BCUT2D eigenvalue weighted by Crippen LogP contribution is -2.59. The monoisotopic (exact) mass is 646 g/mol. The summed E-state index contributed by atoms with van der Waals surface area (Å²) in [5.74, 6) is 1.34. The third-order valence-corrected chi connectivity index (χ3v) is 10.7. The summed E-state index contributed by atoms with van der Waals surface area (Å²) in [7, 11) is 0. The molecular formula is C43H54N2O3. The standard InChI is InChI=1S/C43H54N2O3/c1-13-44-35-23-36-32(21-31(35)27(3)24-41(44,8)9)38(29-17-15-16-18-30(29)39(46)47-20-19-40(5,6)7)33-22-34-28(4)25-42(10,11)45(14-2)43(34,12)26-37(33)48-36/h15-18,21-26H,13-14,19-20H2,1-12H3. The molecule has 1 atom stereocenters. The average Bonchev–Trinajstić information content (AvgIpc) is 2.97. The Morgan fingerprint density at radius 1 is 0.854 bits per heavy atom. The van der Waals surface area contributed by atoms with Crippen LogP contribution in [0.5, 0.6) is 5.75 Å². The number of allylic oxidation sites excluding steroid dienone is 2. The van der Waals surface area contributed by atoms with Gasteiger partial charge in [-0.1, -0.05) is 58.0 Å². The molecule has 4 aliphatic rings. The topological polar surface area (TPSA) is 42.0 Å². The first-order chi connectivity index (χ1) is 22.4. The van der Waals surface area contributed by atoms with Crippen LogP contribution in [0.25, 0.3) is 11.1 Å². The zero-order valence-electron chi connectivity index (χ0n) is 31.2. The fourth-order valence-electron chi connectivity index (χ4n) is 8.73. The summed E-state index contributed by atoms with van der Waals surface area (Å²) >= 11 is 0. The van der Waals surface area contributed by atoms with Crippen LogP contribution in [0.15, 0.2) is 83.2 Å². The Bertz CT molecular complexity index is 1840. The molecule has 2 aromatic rings. The Balaban J connectivity index is 1.63. The molecular weight excluding hydrogens is 592 g/mol. The molecule has 0 amide bonds. The molecule has 0 saturated heterocycles. The Hall–Kier alpha value is -3.83. The van der Waals surface area contributed by atoms with E-state index in [1.807, 2.05) is 18.2 Å². The van der Waals surface area contributed by atoms with Gasteiger partial charge in [0.05, 0.1) is 23.2 Å². The Labute approximate surface area is 288 Å². The van der Waals surface area contributed by atoms with Crippen LogP contribution in [0.1, 0.15) is 117 Å². The van der Waals surface area contributed by atoms with Crippen LogP contribution in [0.2, 0.25) is 0 Å². The largest absolute Gasteiger partial charge is 0.462 e. The number of likely N-dealkylation sites (N-methyl/N-ethyl adjacent to an activating group) is 2. The number of esters is 1. The number of benzene rings is 2. The predicted octanol–water partition coefficient (Wildman–Crippen LogP) is 10.1. The molecule has 0 bridgehead atoms. The van der Waals surface area contributed by atoms with Crippen molar-refractivity contribution in [3.8, 4) is 5.75 Å². The van der Waals surface area contributed by atoms with Gasteiger partial charge in [0, 0.05) is 46.1 Å². The molecule has 3 heterocycles. The Morgan fingerprint density at radius 2 is 1.54 bits per heavy atom. The molecule has 0 spiro atoms. The highest BCUT2D eigenvalue weighted by molar-refractivity contribution is 6.02. The SMILES string of the molecule is CCN1c2cc3c(cc2C(C)=CC1(C)C)C(c1ccccc1C(=O)OCCC(C)(C)C)=C1C=C2C(C)=CC(C)(C)N(CC)C2(C)C=C1O3. The third kappa shape index (κ3) is 5.58. The van der Waals surface area contributed by atoms with Gasteiger partial charge < -0.3 is 14.4 Å². The van der Waals surface area contributed by atoms with Crippen LogP contribution in [0.4, 0.5) is 5.69 Å². The predicted molar refractivity (Wildman–Crippen MR) is 199 cm³/mol. The Morgan fingerprint density at radius 3 is 2.21 bits per heavy atom. The molecule has 1 aliphatic carbocycles. The van der Waals surface area contributed by atoms with Crippen LogP contribution >= 0.6 is 0 Å². The maximum Gasteiger partial charge on any atom is 0.338 e. The molecule has 1 unspecified atom stereocenters. The van der Waals surface area contributed by atoms with E-state index in [1.54, 1.807) is 0 Å². The van der Waals surface area contributed by atoms with Gasteiger partial charge in [0.1, 0.15) is 11.5 Å². The summed E-state index contributed by atoms with van der Waals surface area (Å²) in [6.07, 6.45) is 10.2. The molecule has 6 rings (SSSR count). The molecule has 0 fully saturated rings. The van der Waals surface area contributed by atoms with Crippen molar-refractivity contribution in [1.82, 2.24) is 4.90 Å². The number of hydrogen-bond acceptors (Lipinski definition) is 5. The van der Waals surface area contributed by atoms with Crippen molar-refractivity contribution in [3.63, 3.8) is 0 Å². The maximum atomic E-state index is 13.9. The van der Waals surface area contributed by atoms with Crippen molar-refractivity contribution >= 4 is 22.8 Å². The molecule has 5 heteroatoms. The molecule has 5 nitrogen and oxygen atoms in total. The number of nitrogens with zero attached hydrogens (tertiary/aromatic N) is 2. The minimum absolute atomic E-state index is 0.0718. The summed E-state index contributed by atoms with van der Waals surface area (Å²) in [5.41, 5.74) is 10.00. The lowest BCUT2D eigenvalue weighted by molar-refractivity contribution is 0.0464. The first kappa shape index (κ1) is 34.0. The fraction of sp³-hybridized carbons (Fsp3) is 0.465. The van der Waals surface area contributed by atoms with E-state index in [0.717, 1.165) is 53.3 Å². The first-order valence-corrected chi connectivity index (χ1v) is 17.7. The number of carbonyl (C=O) groups is 1. The zero-order chi connectivity index (χ0) is 35.0. The van der Waals surface area contributed by atoms with Crippen molar-refractivity contribution in [1.29, 1.82) is 0 Å². The Kier molecular flexibility index (Phi) is 8.27. The molecule has 0 radical (unpaired) electrons. The van der Waals surface area contributed by atoms with Crippen LogP contribution < -0.4 is 9.64 Å². The van der Waals surface area contributed by atoms with Gasteiger partial charge in [-0.05, 0) is 120 Å². The van der Waals surface area contributed by atoms with Crippen molar-refractivity contribution in [2.45, 2.75) is 106 Å². The van der Waals surface area contributed by atoms with Crippen LogP contribution in [0, 0.1) is 5.41 Å². The lowest BCUT2D eigenvalue weighted by atomic mass is 9.71. The average molecular weight is 647 g/mol. The van der Waals surface area contributed by atoms with Gasteiger partial charge in [0.2, 0.25) is 0 Å². The number of anilines is 1. The van der Waals surface area contributed by atoms with E-state index in [9.17, 15) is 4.79 Å². The van der Waals surface area contributed by atoms with Gasteiger partial charge in [-0.25, -0.2) is 4.79 Å². The highest BCUT2D eigenvalue weighted by Crippen LogP contribution is 2.53. The summed E-state index contributed by atoms with van der Waals surface area (Å²) < 4.78 is 12.9. The summed E-state index contributed by atoms with van der Waals surface area (Å²) in [6.45, 7) is 28.9. The third-order valence-electron chi connectivity index (χ3n) is 10.7. The van der Waals surface area contributed by atoms with Gasteiger partial charge >= 0.3 is 5.97 Å². The van der Waals surface area contributed by atoms with Crippen molar-refractivity contribution in [3.05, 3.63) is 105 Å². The lowest BCUT2D eigenvalue weighted by Gasteiger charge is -2.54. The second-order valence-corrected chi connectivity index (χ2v) is 16.4. The number of hydrogen-bond donors (Lipinski definition) is 0. The summed E-state index contributed by atoms with van der Waals surface area (Å²) in [6, 6.07) is 12.4. The quantitative estimate of drug-likeness (QED) is 0.292. The minimum Gasteiger partial charge on any atom is -0.462 e. The highest BCUT2D eigenvalue weighted by Gasteiger charge is 2.48. The van der Waals surface area contributed by atoms with Crippen LogP contribution in [-0.2, 0) is 4.74 Å². The normalized spacial score (nSPS) is 22.6. The van der Waals surface area contributed by atoms with E-state index in [1.165, 1.54) is 28.0 Å². The highest BCUT2D eigenvalue weighted by atomic mass is 16.5. The van der Waals surface area contributed by atoms with E-state index in [2.05, 4.69) is 135 Å². The van der Waals surface area contributed by atoms with E-state index >= 15 is 0 Å². The van der Waals surface area contributed by atoms with Crippen molar-refractivity contribution in [2.75, 3.05) is 24.6 Å². The molecule has 0 saturated carbocycles. The van der Waals surface area contributed by atoms with Crippen molar-refractivity contribution in [2.24, 2.45) is 5.41 Å². The number of fused-ring (bicyclic) bond motifs is 4. The molecule has 0 N–H and O–H groups in total. The van der Waals surface area contributed by atoms with Gasteiger partial charge in [0.15, 0.2) is 0 Å². The van der Waals surface area contributed by atoms with E-state index in [4.69, 9.17) is 9.47 Å². The molecule has 2 aromatic carbocycles. The van der Waals surface area contributed by atoms with Gasteiger partial charge in [-0.15, -0.1) is 0 Å². The smallest absolute Gasteiger partial charge is 0.338 e. The molecule has 3 aliphatic heterocycles. The van der Waals surface area contributed by atoms with Gasteiger partial charge in [0.25, 0.3) is 0 Å². The molecule has 48 heavy (non-hydrogen) atoms. The number of carbonyl (C=O) groups excluding carboxylic acids is 1. The molecule has 0 aromatic heterocycles. The van der Waals surface area contributed by atoms with E-state index in [-0.39, 0.29) is 28.0 Å². The van der Waals surface area contributed by atoms with Gasteiger partial charge in [-0.2, -0.15) is 0 Å². The zero-order valence-corrected chi connectivity index (χ0v) is 31.2. The second kappa shape index (κ2) is 11.7. The maximum absolute atomic E-state index is 13.9. The fourth-order valence-corrected chi connectivity index (χ4v) is 8.73. The number of rotatable bonds is 6. The van der Waals surface area contributed by atoms with Gasteiger partial charge in [-0.3, -0.25) is 4.90 Å². The molecule has 254 valence electrons. The number of ether oxygens (including phenoxy) is 2. The second-order valence-electron chi connectivity index (χ2n) is 16.4.